The van der Waals surface area contributed by atoms with Crippen molar-refractivity contribution in [2.24, 2.45) is 0 Å². The summed E-state index contributed by atoms with van der Waals surface area (Å²) in [6, 6.07) is 0. The van der Waals surface area contributed by atoms with Gasteiger partial charge in [0.1, 0.15) is 0 Å². The summed E-state index contributed by atoms with van der Waals surface area (Å²) in [7, 11) is 0. The molecular weight excluding hydrogens is 542 g/mol. The first-order chi connectivity index (χ1) is 12.2. The Morgan fingerprint density at radius 1 is 0.357 bits per heavy atom. The van der Waals surface area contributed by atoms with Crippen LogP contribution in [0.4, 0.5) is 0 Å². The van der Waals surface area contributed by atoms with Crippen LogP contribution in [0.15, 0.2) is 0 Å². The van der Waals surface area contributed by atoms with Gasteiger partial charge in [-0.1, -0.05) is 79.1 Å². The van der Waals surface area contributed by atoms with Gasteiger partial charge in [0.05, 0.1) is 26.2 Å². The van der Waals surface area contributed by atoms with Crippen LogP contribution in [-0.2, 0) is 0 Å². The molecule has 0 heterocycles. The van der Waals surface area contributed by atoms with Gasteiger partial charge < -0.3 is 21.5 Å². The second-order valence-electron chi connectivity index (χ2n) is 8.48. The van der Waals surface area contributed by atoms with Gasteiger partial charge in [-0.05, 0) is 51.4 Å². The maximum atomic E-state index is 2.34. The van der Waals surface area contributed by atoms with Gasteiger partial charge in [0.15, 0.2) is 0 Å². The molecule has 0 aliphatic heterocycles. The van der Waals surface area contributed by atoms with Crippen molar-refractivity contribution < 1.29 is 21.5 Å². The Hall–Kier alpha value is 1.40. The molecule has 176 valence electrons. The number of quaternary nitrogens is 1. The standard InChI is InChI=1S/C24H52N.3BrH/c1-5-9-13-17-21-25(22-18-14-10-6-2,23-19-15-11-7-3)24-20-16-12-8-4;;;/h5-24H2,1-4H3;3*1H/q+1;;;/p-1. The molecule has 0 amide bonds. The van der Waals surface area contributed by atoms with Crippen LogP contribution in [0.1, 0.15) is 130 Å². The Bertz CT molecular complexity index is 209. The SMILES string of the molecule is Br.Br.CCCCCC[N+](CCCCCC)(CCCCCC)CCCCCC.[Br-]. The van der Waals surface area contributed by atoms with Gasteiger partial charge in [-0.25, -0.2) is 0 Å². The van der Waals surface area contributed by atoms with Crippen molar-refractivity contribution in [3.63, 3.8) is 0 Å². The quantitative estimate of drug-likeness (QED) is 0.115. The van der Waals surface area contributed by atoms with Crippen molar-refractivity contribution in [3.05, 3.63) is 0 Å². The second-order valence-corrected chi connectivity index (χ2v) is 8.48. The lowest BCUT2D eigenvalue weighted by atomic mass is 10.1. The molecule has 0 saturated heterocycles. The van der Waals surface area contributed by atoms with Crippen LogP contribution in [0.2, 0.25) is 0 Å². The lowest BCUT2D eigenvalue weighted by molar-refractivity contribution is -0.929. The van der Waals surface area contributed by atoms with Crippen molar-refractivity contribution in [3.8, 4) is 0 Å². The van der Waals surface area contributed by atoms with Crippen LogP contribution < -0.4 is 17.0 Å². The van der Waals surface area contributed by atoms with Gasteiger partial charge in [-0.3, -0.25) is 0 Å². The van der Waals surface area contributed by atoms with Crippen LogP contribution in [-0.4, -0.2) is 30.7 Å². The monoisotopic (exact) mass is 593 g/mol. The van der Waals surface area contributed by atoms with E-state index >= 15 is 0 Å². The molecule has 28 heavy (non-hydrogen) atoms. The number of rotatable bonds is 20. The topological polar surface area (TPSA) is 0 Å². The van der Waals surface area contributed by atoms with E-state index in [1.807, 2.05) is 0 Å². The molecule has 0 fully saturated rings. The molecule has 0 radical (unpaired) electrons. The van der Waals surface area contributed by atoms with Gasteiger partial charge in [0.2, 0.25) is 0 Å². The Morgan fingerprint density at radius 3 is 0.750 bits per heavy atom. The molecule has 0 rings (SSSR count). The zero-order valence-corrected chi connectivity index (χ0v) is 24.8. The molecule has 0 saturated carbocycles. The van der Waals surface area contributed by atoms with Gasteiger partial charge in [0, 0.05) is 0 Å². The lowest BCUT2D eigenvalue weighted by Gasteiger charge is -2.39. The summed E-state index contributed by atoms with van der Waals surface area (Å²) in [6.45, 7) is 15.2. The molecule has 0 aromatic carbocycles. The van der Waals surface area contributed by atoms with Gasteiger partial charge in [0.25, 0.3) is 0 Å². The zero-order chi connectivity index (χ0) is 18.6. The fourth-order valence-corrected chi connectivity index (χ4v) is 4.17. The van der Waals surface area contributed by atoms with Crippen molar-refractivity contribution in [2.45, 2.75) is 130 Å². The number of nitrogens with zero attached hydrogens (tertiary/aromatic N) is 1. The zero-order valence-electron chi connectivity index (χ0n) is 19.8. The van der Waals surface area contributed by atoms with Crippen molar-refractivity contribution in [1.82, 2.24) is 0 Å². The molecule has 0 aliphatic carbocycles. The van der Waals surface area contributed by atoms with E-state index in [0.29, 0.717) is 0 Å². The van der Waals surface area contributed by atoms with E-state index in [1.54, 1.807) is 0 Å². The van der Waals surface area contributed by atoms with E-state index in [9.17, 15) is 0 Å². The predicted molar refractivity (Wildman–Crippen MR) is 137 cm³/mol. The molecule has 4 heteroatoms. The maximum Gasteiger partial charge on any atom is 0.0786 e. The minimum Gasteiger partial charge on any atom is -1.00 e. The van der Waals surface area contributed by atoms with Gasteiger partial charge in [-0.15, -0.1) is 34.0 Å². The highest BCUT2D eigenvalue weighted by Crippen LogP contribution is 2.19. The highest BCUT2D eigenvalue weighted by Gasteiger charge is 2.25. The molecule has 0 aromatic heterocycles. The Kier molecular flexibility index (Phi) is 37.3. The van der Waals surface area contributed by atoms with Crippen LogP contribution in [0, 0.1) is 0 Å². The first kappa shape index (κ1) is 36.8. The first-order valence-electron chi connectivity index (χ1n) is 12.1. The summed E-state index contributed by atoms with van der Waals surface area (Å²) in [4.78, 5) is 0. The third-order valence-corrected chi connectivity index (χ3v) is 5.94. The van der Waals surface area contributed by atoms with E-state index in [2.05, 4.69) is 27.7 Å². The van der Waals surface area contributed by atoms with Crippen LogP contribution in [0.5, 0.6) is 0 Å². The first-order valence-corrected chi connectivity index (χ1v) is 12.1. The van der Waals surface area contributed by atoms with Crippen LogP contribution >= 0.6 is 34.0 Å². The number of hydrogen-bond acceptors (Lipinski definition) is 0. The van der Waals surface area contributed by atoms with Gasteiger partial charge >= 0.3 is 0 Å². The van der Waals surface area contributed by atoms with E-state index in [-0.39, 0.29) is 50.9 Å². The summed E-state index contributed by atoms with van der Waals surface area (Å²) in [5.74, 6) is 0. The van der Waals surface area contributed by atoms with Crippen LogP contribution in [0.3, 0.4) is 0 Å². The largest absolute Gasteiger partial charge is 1.00 e. The highest BCUT2D eigenvalue weighted by molar-refractivity contribution is 8.93. The Labute approximate surface area is 211 Å². The molecule has 0 spiro atoms. The molecule has 0 aromatic rings. The maximum absolute atomic E-state index is 2.34. The van der Waals surface area contributed by atoms with Crippen molar-refractivity contribution >= 4 is 34.0 Å². The fourth-order valence-electron chi connectivity index (χ4n) is 4.17. The average molecular weight is 596 g/mol. The number of hydrogen-bond donors (Lipinski definition) is 0. The van der Waals surface area contributed by atoms with E-state index in [0.717, 1.165) is 0 Å². The Morgan fingerprint density at radius 2 is 0.571 bits per heavy atom. The molecule has 0 N–H and O–H groups in total. The van der Waals surface area contributed by atoms with Crippen LogP contribution in [0.25, 0.3) is 0 Å². The summed E-state index contributed by atoms with van der Waals surface area (Å²) in [5, 5.41) is 0. The molecular formula is C24H54Br3N. The third kappa shape index (κ3) is 22.1. The molecule has 1 nitrogen and oxygen atoms in total. The summed E-state index contributed by atoms with van der Waals surface area (Å²) < 4.78 is 1.46. The summed E-state index contributed by atoms with van der Waals surface area (Å²) in [6.07, 6.45) is 22.8. The predicted octanol–water partition coefficient (Wildman–Crippen LogP) is 6.28. The third-order valence-electron chi connectivity index (χ3n) is 5.94. The van der Waals surface area contributed by atoms with E-state index in [1.165, 1.54) is 133 Å². The van der Waals surface area contributed by atoms with Crippen molar-refractivity contribution in [1.29, 1.82) is 0 Å². The smallest absolute Gasteiger partial charge is 0.0786 e. The summed E-state index contributed by atoms with van der Waals surface area (Å²) >= 11 is 0. The number of unbranched alkanes of at least 4 members (excludes halogenated alkanes) is 12. The molecule has 0 atom stereocenters. The average Bonchev–Trinajstić information content (AvgIpc) is 2.63. The van der Waals surface area contributed by atoms with E-state index in [4.69, 9.17) is 0 Å². The normalized spacial score (nSPS) is 10.7. The minimum absolute atomic E-state index is 0. The van der Waals surface area contributed by atoms with E-state index < -0.39 is 0 Å². The fraction of sp³-hybridized carbons (Fsp3) is 1.00. The molecule has 0 bridgehead atoms. The van der Waals surface area contributed by atoms with Gasteiger partial charge in [-0.2, -0.15) is 0 Å². The second kappa shape index (κ2) is 28.4. The molecule has 0 unspecified atom stereocenters. The summed E-state index contributed by atoms with van der Waals surface area (Å²) in [5.41, 5.74) is 0. The number of halogens is 3. The minimum atomic E-state index is 0. The van der Waals surface area contributed by atoms with Crippen molar-refractivity contribution in [2.75, 3.05) is 26.2 Å². The Balaban J connectivity index is -0.000000960. The lowest BCUT2D eigenvalue weighted by Crippen LogP contribution is -3.00. The highest BCUT2D eigenvalue weighted by atomic mass is 79.9. The molecule has 0 aliphatic rings.